The zero-order valence-electron chi connectivity index (χ0n) is 11.1. The number of hydrogen-bond donors (Lipinski definition) is 1. The van der Waals surface area contributed by atoms with E-state index in [1.165, 1.54) is 18.7 Å². The average Bonchev–Trinajstić information content (AvgIpc) is 2.34. The van der Waals surface area contributed by atoms with Crippen LogP contribution in [-0.4, -0.2) is 28.5 Å². The maximum absolute atomic E-state index is 11.8. The highest BCUT2D eigenvalue weighted by atomic mass is 79.9. The van der Waals surface area contributed by atoms with Crippen LogP contribution in [0, 0.1) is 5.92 Å². The second kappa shape index (κ2) is 7.65. The minimum atomic E-state index is -0.416. The van der Waals surface area contributed by atoms with Gasteiger partial charge in [-0.05, 0) is 40.9 Å². The predicted molar refractivity (Wildman–Crippen MR) is 80.1 cm³/mol. The summed E-state index contributed by atoms with van der Waals surface area (Å²) in [6, 6.07) is 3.28. The summed E-state index contributed by atoms with van der Waals surface area (Å²) in [7, 11) is 0. The molecule has 0 saturated carbocycles. The van der Waals surface area contributed by atoms with Gasteiger partial charge >= 0.3 is 0 Å². The Morgan fingerprint density at radius 3 is 2.68 bits per heavy atom. The molecule has 0 fully saturated rings. The third kappa shape index (κ3) is 5.32. The van der Waals surface area contributed by atoms with E-state index in [1.807, 2.05) is 26.0 Å². The van der Waals surface area contributed by atoms with Crippen molar-refractivity contribution < 1.29 is 9.59 Å². The highest BCUT2D eigenvalue weighted by molar-refractivity contribution is 9.10. The number of rotatable bonds is 6. The molecule has 0 spiro atoms. The van der Waals surface area contributed by atoms with E-state index in [2.05, 4.69) is 26.2 Å². The zero-order valence-corrected chi connectivity index (χ0v) is 13.5. The largest absolute Gasteiger partial charge is 0.345 e. The summed E-state index contributed by atoms with van der Waals surface area (Å²) in [6.07, 6.45) is 1.68. The Balaban J connectivity index is 2.52. The number of aromatic nitrogens is 1. The van der Waals surface area contributed by atoms with Gasteiger partial charge in [0.05, 0.1) is 11.8 Å². The molecule has 0 aliphatic rings. The van der Waals surface area contributed by atoms with Crippen molar-refractivity contribution in [3.8, 4) is 0 Å². The van der Waals surface area contributed by atoms with Crippen LogP contribution < -0.4 is 5.32 Å². The molecule has 1 unspecified atom stereocenters. The quantitative estimate of drug-likeness (QED) is 0.806. The number of nitrogens with one attached hydrogen (secondary N) is 1. The van der Waals surface area contributed by atoms with E-state index in [9.17, 15) is 9.59 Å². The van der Waals surface area contributed by atoms with Crippen LogP contribution in [0.5, 0.6) is 0 Å². The lowest BCUT2D eigenvalue weighted by Gasteiger charge is -2.19. The van der Waals surface area contributed by atoms with Crippen LogP contribution in [0.1, 0.15) is 20.8 Å². The number of amides is 1. The Labute approximate surface area is 125 Å². The van der Waals surface area contributed by atoms with Crippen molar-refractivity contribution in [1.82, 2.24) is 10.3 Å². The fraction of sp³-hybridized carbons (Fsp3) is 0.462. The molecule has 1 heterocycles. The van der Waals surface area contributed by atoms with E-state index in [1.54, 1.807) is 6.20 Å². The first-order valence-electron chi connectivity index (χ1n) is 5.95. The molecule has 0 saturated heterocycles. The minimum absolute atomic E-state index is 0.0210. The molecular weight excluding hydrogens is 328 g/mol. The summed E-state index contributed by atoms with van der Waals surface area (Å²) in [5, 5.41) is 3.52. The number of carbonyl (C=O) groups excluding carboxylic acids is 2. The molecule has 1 amide bonds. The second-order valence-corrected chi connectivity index (χ2v) is 6.30. The third-order valence-electron chi connectivity index (χ3n) is 2.49. The maximum Gasteiger partial charge on any atom is 0.231 e. The molecular formula is C13H17BrN2O2S. The van der Waals surface area contributed by atoms with Crippen molar-refractivity contribution in [2.45, 2.75) is 31.8 Å². The molecule has 4 nitrogen and oxygen atoms in total. The van der Waals surface area contributed by atoms with Gasteiger partial charge in [0, 0.05) is 10.7 Å². The van der Waals surface area contributed by atoms with Crippen LogP contribution in [0.3, 0.4) is 0 Å². The third-order valence-corrected chi connectivity index (χ3v) is 4.39. The maximum atomic E-state index is 11.8. The van der Waals surface area contributed by atoms with Crippen LogP contribution in [0.4, 0.5) is 0 Å². The smallest absolute Gasteiger partial charge is 0.231 e. The molecule has 6 heteroatoms. The number of Topliss-reactive ketones (excluding diaryl/α,β-unsaturated/α-hetero) is 1. The van der Waals surface area contributed by atoms with E-state index >= 15 is 0 Å². The first-order chi connectivity index (χ1) is 8.91. The monoisotopic (exact) mass is 344 g/mol. The van der Waals surface area contributed by atoms with Crippen LogP contribution in [0.15, 0.2) is 27.8 Å². The molecule has 0 aliphatic heterocycles. The van der Waals surface area contributed by atoms with E-state index in [-0.39, 0.29) is 23.4 Å². The van der Waals surface area contributed by atoms with Gasteiger partial charge in [0.15, 0.2) is 5.78 Å². The predicted octanol–water partition coefficient (Wildman–Crippen LogP) is 2.67. The van der Waals surface area contributed by atoms with Crippen molar-refractivity contribution in [3.05, 3.63) is 22.8 Å². The number of halogens is 1. The van der Waals surface area contributed by atoms with Crippen LogP contribution in [-0.2, 0) is 9.59 Å². The summed E-state index contributed by atoms with van der Waals surface area (Å²) in [5.74, 6) is 0.156. The fourth-order valence-corrected chi connectivity index (χ4v) is 2.85. The van der Waals surface area contributed by atoms with Crippen molar-refractivity contribution in [3.63, 3.8) is 0 Å². The normalized spacial score (nSPS) is 12.3. The summed E-state index contributed by atoms with van der Waals surface area (Å²) in [6.45, 7) is 5.32. The summed E-state index contributed by atoms with van der Waals surface area (Å²) in [4.78, 5) is 27.4. The number of carbonyl (C=O) groups is 2. The van der Waals surface area contributed by atoms with Gasteiger partial charge in [-0.1, -0.05) is 25.6 Å². The SMILES string of the molecule is CC(=O)C(NC(=O)CSc1ncccc1Br)C(C)C. The summed E-state index contributed by atoms with van der Waals surface area (Å²) >= 11 is 4.71. The van der Waals surface area contributed by atoms with E-state index < -0.39 is 6.04 Å². The van der Waals surface area contributed by atoms with E-state index in [4.69, 9.17) is 0 Å². The summed E-state index contributed by atoms with van der Waals surface area (Å²) < 4.78 is 0.861. The Kier molecular flexibility index (Phi) is 6.51. The van der Waals surface area contributed by atoms with Gasteiger partial charge in [-0.2, -0.15) is 0 Å². The van der Waals surface area contributed by atoms with Gasteiger partial charge in [-0.3, -0.25) is 9.59 Å². The van der Waals surface area contributed by atoms with Gasteiger partial charge in [0.1, 0.15) is 5.03 Å². The molecule has 0 aliphatic carbocycles. The topological polar surface area (TPSA) is 59.1 Å². The van der Waals surface area contributed by atoms with Crippen molar-refractivity contribution in [2.75, 3.05) is 5.75 Å². The minimum Gasteiger partial charge on any atom is -0.345 e. The number of thioether (sulfide) groups is 1. The molecule has 1 N–H and O–H groups in total. The lowest BCUT2D eigenvalue weighted by molar-refractivity contribution is -0.126. The van der Waals surface area contributed by atoms with Crippen LogP contribution in [0.2, 0.25) is 0 Å². The number of ketones is 1. The molecule has 104 valence electrons. The fourth-order valence-electron chi connectivity index (χ4n) is 1.56. The lowest BCUT2D eigenvalue weighted by atomic mass is 10.0. The standard InChI is InChI=1S/C13H17BrN2O2S/c1-8(2)12(9(3)17)16-11(18)7-19-13-10(14)5-4-6-15-13/h4-6,8,12H,7H2,1-3H3,(H,16,18). The molecule has 0 radical (unpaired) electrons. The molecule has 1 aromatic rings. The molecule has 1 aromatic heterocycles. The van der Waals surface area contributed by atoms with Gasteiger partial charge < -0.3 is 5.32 Å². The summed E-state index contributed by atoms with van der Waals surface area (Å²) in [5.41, 5.74) is 0. The highest BCUT2D eigenvalue weighted by Crippen LogP contribution is 2.24. The number of nitrogens with zero attached hydrogens (tertiary/aromatic N) is 1. The Morgan fingerprint density at radius 1 is 1.47 bits per heavy atom. The zero-order chi connectivity index (χ0) is 14.4. The molecule has 19 heavy (non-hydrogen) atoms. The Morgan fingerprint density at radius 2 is 2.16 bits per heavy atom. The van der Waals surface area contributed by atoms with Crippen LogP contribution in [0.25, 0.3) is 0 Å². The van der Waals surface area contributed by atoms with Crippen molar-refractivity contribution in [1.29, 1.82) is 0 Å². The molecule has 1 atom stereocenters. The molecule has 1 rings (SSSR count). The highest BCUT2D eigenvalue weighted by Gasteiger charge is 2.20. The second-order valence-electron chi connectivity index (χ2n) is 4.48. The van der Waals surface area contributed by atoms with Gasteiger partial charge in [-0.15, -0.1) is 0 Å². The van der Waals surface area contributed by atoms with Crippen molar-refractivity contribution >= 4 is 39.4 Å². The average molecular weight is 345 g/mol. The molecule has 0 aromatic carbocycles. The van der Waals surface area contributed by atoms with Gasteiger partial charge in [0.2, 0.25) is 5.91 Å². The van der Waals surface area contributed by atoms with E-state index in [0.29, 0.717) is 0 Å². The molecule has 0 bridgehead atoms. The van der Waals surface area contributed by atoms with Gasteiger partial charge in [-0.25, -0.2) is 4.98 Å². The Hall–Kier alpha value is -0.880. The Bertz CT molecular complexity index is 466. The van der Waals surface area contributed by atoms with Gasteiger partial charge in [0.25, 0.3) is 0 Å². The lowest BCUT2D eigenvalue weighted by Crippen LogP contribution is -2.44. The van der Waals surface area contributed by atoms with Crippen molar-refractivity contribution in [2.24, 2.45) is 5.92 Å². The number of hydrogen-bond acceptors (Lipinski definition) is 4. The van der Waals surface area contributed by atoms with Crippen LogP contribution >= 0.6 is 27.7 Å². The first-order valence-corrected chi connectivity index (χ1v) is 7.72. The van der Waals surface area contributed by atoms with E-state index in [0.717, 1.165) is 9.50 Å². The number of pyridine rings is 1. The first kappa shape index (κ1) is 16.2.